The highest BCUT2D eigenvalue weighted by atomic mass is 19.1. The number of halogens is 2. The number of hydrogen-bond acceptors (Lipinski definition) is 5. The summed E-state index contributed by atoms with van der Waals surface area (Å²) in [7, 11) is 4.48. The Kier molecular flexibility index (Phi) is 7.28. The molecule has 0 aromatic heterocycles. The average Bonchev–Trinajstić information content (AvgIpc) is 3.23. The Bertz CT molecular complexity index is 968. The van der Waals surface area contributed by atoms with Crippen molar-refractivity contribution in [1.82, 2.24) is 10.6 Å². The van der Waals surface area contributed by atoms with E-state index < -0.39 is 17.6 Å². The maximum absolute atomic E-state index is 14.1. The zero-order chi connectivity index (χ0) is 22.4. The summed E-state index contributed by atoms with van der Waals surface area (Å²) in [6.45, 7) is 1.65. The van der Waals surface area contributed by atoms with Gasteiger partial charge in [-0.15, -0.1) is 0 Å². The molecule has 2 aromatic carbocycles. The lowest BCUT2D eigenvalue weighted by molar-refractivity contribution is 0.0597. The van der Waals surface area contributed by atoms with Crippen LogP contribution in [0.1, 0.15) is 22.3 Å². The molecule has 1 unspecified atom stereocenters. The fourth-order valence-electron chi connectivity index (χ4n) is 3.54. The van der Waals surface area contributed by atoms with E-state index in [1.165, 1.54) is 26.4 Å². The molecule has 1 aliphatic heterocycles. The highest BCUT2D eigenvalue weighted by Crippen LogP contribution is 2.24. The standard InChI is InChI=1S/C22H26F2N4O3/c1-25-22(26-12-14-4-7-20(30-2)17(10-14)21(29)31-3)27-16-8-9-28(13-16)19-6-5-15(23)11-18(19)24/h4-7,10-11,16H,8-9,12-13H2,1-3H3,(H2,25,26,27). The normalized spacial score (nSPS) is 16.2. The lowest BCUT2D eigenvalue weighted by Crippen LogP contribution is -2.44. The second-order valence-electron chi connectivity index (χ2n) is 7.12. The molecule has 166 valence electrons. The first-order valence-corrected chi connectivity index (χ1v) is 9.87. The van der Waals surface area contributed by atoms with E-state index in [1.54, 1.807) is 19.2 Å². The van der Waals surface area contributed by atoms with Crippen LogP contribution in [0.15, 0.2) is 41.4 Å². The summed E-state index contributed by atoms with van der Waals surface area (Å²) in [5.41, 5.74) is 1.59. The van der Waals surface area contributed by atoms with Gasteiger partial charge >= 0.3 is 5.97 Å². The van der Waals surface area contributed by atoms with E-state index in [2.05, 4.69) is 15.6 Å². The van der Waals surface area contributed by atoms with Gasteiger partial charge in [-0.05, 0) is 36.2 Å². The Morgan fingerprint density at radius 2 is 2.03 bits per heavy atom. The lowest BCUT2D eigenvalue weighted by Gasteiger charge is -2.21. The lowest BCUT2D eigenvalue weighted by atomic mass is 10.1. The van der Waals surface area contributed by atoms with Gasteiger partial charge in [0.25, 0.3) is 0 Å². The summed E-state index contributed by atoms with van der Waals surface area (Å²) in [4.78, 5) is 18.1. The molecule has 9 heteroatoms. The molecule has 1 atom stereocenters. The van der Waals surface area contributed by atoms with Crippen LogP contribution in [-0.2, 0) is 11.3 Å². The van der Waals surface area contributed by atoms with E-state index in [0.29, 0.717) is 42.6 Å². The highest BCUT2D eigenvalue weighted by molar-refractivity contribution is 5.92. The molecule has 2 N–H and O–H groups in total. The summed E-state index contributed by atoms with van der Waals surface area (Å²) in [5.74, 6) is -0.600. The number of nitrogens with zero attached hydrogens (tertiary/aromatic N) is 2. The summed E-state index contributed by atoms with van der Waals surface area (Å²) in [6, 6.07) is 8.94. The van der Waals surface area contributed by atoms with Crippen LogP contribution in [0.2, 0.25) is 0 Å². The molecule has 1 fully saturated rings. The molecule has 1 saturated heterocycles. The number of esters is 1. The van der Waals surface area contributed by atoms with Gasteiger partial charge in [-0.1, -0.05) is 6.07 Å². The fraction of sp³-hybridized carbons (Fsp3) is 0.364. The van der Waals surface area contributed by atoms with Gasteiger partial charge < -0.3 is 25.0 Å². The Labute approximate surface area is 180 Å². The quantitative estimate of drug-likeness (QED) is 0.415. The van der Waals surface area contributed by atoms with E-state index in [4.69, 9.17) is 9.47 Å². The number of anilines is 1. The number of aliphatic imine (C=N–C) groups is 1. The smallest absolute Gasteiger partial charge is 0.341 e. The van der Waals surface area contributed by atoms with Crippen molar-refractivity contribution in [3.05, 3.63) is 59.2 Å². The topological polar surface area (TPSA) is 75.2 Å². The van der Waals surface area contributed by atoms with Gasteiger partial charge in [0, 0.05) is 38.8 Å². The van der Waals surface area contributed by atoms with Crippen molar-refractivity contribution < 1.29 is 23.0 Å². The van der Waals surface area contributed by atoms with Crippen molar-refractivity contribution in [2.75, 3.05) is 39.3 Å². The van der Waals surface area contributed by atoms with Crippen LogP contribution in [0.3, 0.4) is 0 Å². The Balaban J connectivity index is 1.59. The molecule has 0 amide bonds. The molecule has 3 rings (SSSR count). The minimum Gasteiger partial charge on any atom is -0.496 e. The third-order valence-electron chi connectivity index (χ3n) is 5.13. The second kappa shape index (κ2) is 10.1. The van der Waals surface area contributed by atoms with E-state index in [1.807, 2.05) is 11.0 Å². The van der Waals surface area contributed by atoms with Crippen molar-refractivity contribution in [2.24, 2.45) is 4.99 Å². The van der Waals surface area contributed by atoms with E-state index in [-0.39, 0.29) is 6.04 Å². The molecule has 1 aliphatic rings. The number of benzene rings is 2. The summed E-state index contributed by atoms with van der Waals surface area (Å²) >= 11 is 0. The van der Waals surface area contributed by atoms with Crippen molar-refractivity contribution in [3.8, 4) is 5.75 Å². The monoisotopic (exact) mass is 432 g/mol. The van der Waals surface area contributed by atoms with Crippen molar-refractivity contribution in [2.45, 2.75) is 19.0 Å². The Morgan fingerprint density at radius 3 is 2.71 bits per heavy atom. The first kappa shape index (κ1) is 22.3. The largest absolute Gasteiger partial charge is 0.496 e. The summed E-state index contributed by atoms with van der Waals surface area (Å²) in [6.07, 6.45) is 0.784. The SMILES string of the molecule is CN=C(NCc1ccc(OC)c(C(=O)OC)c1)NC1CCN(c2ccc(F)cc2F)C1. The number of carbonyl (C=O) groups excluding carboxylic acids is 1. The predicted molar refractivity (Wildman–Crippen MR) is 115 cm³/mol. The molecule has 7 nitrogen and oxygen atoms in total. The third kappa shape index (κ3) is 5.42. The molecule has 2 aromatic rings. The number of rotatable bonds is 6. The molecular formula is C22H26F2N4O3. The van der Waals surface area contributed by atoms with Gasteiger partial charge in [-0.2, -0.15) is 0 Å². The minimum atomic E-state index is -0.589. The molecule has 0 saturated carbocycles. The first-order chi connectivity index (χ1) is 14.9. The van der Waals surface area contributed by atoms with E-state index in [9.17, 15) is 13.6 Å². The second-order valence-corrected chi connectivity index (χ2v) is 7.12. The fourth-order valence-corrected chi connectivity index (χ4v) is 3.54. The molecule has 0 radical (unpaired) electrons. The number of ether oxygens (including phenoxy) is 2. The van der Waals surface area contributed by atoms with Gasteiger partial charge in [-0.25, -0.2) is 13.6 Å². The van der Waals surface area contributed by atoms with Gasteiger partial charge in [0.1, 0.15) is 22.9 Å². The zero-order valence-corrected chi connectivity index (χ0v) is 17.7. The highest BCUT2D eigenvalue weighted by Gasteiger charge is 2.25. The minimum absolute atomic E-state index is 0.0529. The zero-order valence-electron chi connectivity index (χ0n) is 17.7. The number of nitrogens with one attached hydrogen (secondary N) is 2. The maximum Gasteiger partial charge on any atom is 0.341 e. The van der Waals surface area contributed by atoms with E-state index in [0.717, 1.165) is 18.1 Å². The molecule has 0 bridgehead atoms. The summed E-state index contributed by atoms with van der Waals surface area (Å²) in [5, 5.41) is 6.53. The van der Waals surface area contributed by atoms with Gasteiger partial charge in [0.2, 0.25) is 0 Å². The van der Waals surface area contributed by atoms with Crippen molar-refractivity contribution in [1.29, 1.82) is 0 Å². The van der Waals surface area contributed by atoms with Crippen molar-refractivity contribution >= 4 is 17.6 Å². The van der Waals surface area contributed by atoms with Gasteiger partial charge in [0.05, 0.1) is 19.9 Å². The third-order valence-corrected chi connectivity index (χ3v) is 5.13. The number of hydrogen-bond donors (Lipinski definition) is 2. The molecule has 0 aliphatic carbocycles. The summed E-state index contributed by atoms with van der Waals surface area (Å²) < 4.78 is 37.2. The van der Waals surface area contributed by atoms with Crippen LogP contribution >= 0.6 is 0 Å². The van der Waals surface area contributed by atoms with Crippen LogP contribution in [0.25, 0.3) is 0 Å². The molecule has 31 heavy (non-hydrogen) atoms. The van der Waals surface area contributed by atoms with Crippen LogP contribution in [0.5, 0.6) is 5.75 Å². The number of methoxy groups -OCH3 is 2. The Morgan fingerprint density at radius 1 is 1.23 bits per heavy atom. The van der Waals surface area contributed by atoms with Crippen LogP contribution in [-0.4, -0.2) is 52.3 Å². The van der Waals surface area contributed by atoms with E-state index >= 15 is 0 Å². The molecule has 1 heterocycles. The average molecular weight is 432 g/mol. The first-order valence-electron chi connectivity index (χ1n) is 9.87. The molecule has 0 spiro atoms. The predicted octanol–water partition coefficient (Wildman–Crippen LogP) is 2.70. The number of carbonyl (C=O) groups is 1. The van der Waals surface area contributed by atoms with Gasteiger partial charge in [-0.3, -0.25) is 4.99 Å². The Hall–Kier alpha value is -3.36. The van der Waals surface area contributed by atoms with Crippen LogP contribution < -0.4 is 20.3 Å². The molecular weight excluding hydrogens is 406 g/mol. The number of guanidine groups is 1. The van der Waals surface area contributed by atoms with Crippen LogP contribution in [0.4, 0.5) is 14.5 Å². The van der Waals surface area contributed by atoms with Gasteiger partial charge in [0.15, 0.2) is 5.96 Å². The maximum atomic E-state index is 14.1. The van der Waals surface area contributed by atoms with Crippen molar-refractivity contribution in [3.63, 3.8) is 0 Å². The van der Waals surface area contributed by atoms with Crippen LogP contribution in [0, 0.1) is 11.6 Å².